The number of likely N-dealkylation sites (N-methyl/N-ethyl adjacent to an activating group) is 1. The van der Waals surface area contributed by atoms with Crippen LogP contribution in [-0.4, -0.2) is 40.2 Å². The zero-order chi connectivity index (χ0) is 39.5. The Morgan fingerprint density at radius 1 is 0.873 bits per heavy atom. The number of Topliss-reactive ketones (excluding diaryl/α,β-unsaturated/α-hetero) is 1. The number of nitriles is 1. The monoisotopic (exact) mass is 731 g/mol. The molecule has 0 amide bonds. The molecule has 2 aliphatic heterocycles. The number of hydrogen-bond acceptors (Lipinski definition) is 5. The minimum absolute atomic E-state index is 0.209. The number of carboxylic acids is 1. The summed E-state index contributed by atoms with van der Waals surface area (Å²) in [7, 11) is 0. The quantitative estimate of drug-likeness (QED) is 0.0657. The number of aliphatic carboxylic acids is 1. The van der Waals surface area contributed by atoms with Gasteiger partial charge in [0.1, 0.15) is 18.2 Å². The maximum Gasteiger partial charge on any atom is 0.346 e. The number of rotatable bonds is 12. The highest BCUT2D eigenvalue weighted by atomic mass is 16.4. The number of para-hydroxylation sites is 1. The van der Waals surface area contributed by atoms with E-state index in [1.54, 1.807) is 30.3 Å². The Morgan fingerprint density at radius 2 is 1.55 bits per heavy atom. The number of benzene rings is 3. The summed E-state index contributed by atoms with van der Waals surface area (Å²) in [5, 5.41) is 32.1. The molecule has 2 heterocycles. The summed E-state index contributed by atoms with van der Waals surface area (Å²) in [6.07, 6.45) is 11.9. The third-order valence-electron chi connectivity index (χ3n) is 11.2. The van der Waals surface area contributed by atoms with Crippen molar-refractivity contribution < 1.29 is 24.4 Å². The molecular weight excluding hydrogens is 683 g/mol. The zero-order valence-corrected chi connectivity index (χ0v) is 32.8. The molecule has 0 fully saturated rings. The van der Waals surface area contributed by atoms with Crippen molar-refractivity contribution in [3.8, 4) is 17.9 Å². The topological polar surface area (TPSA) is 107 Å². The fourth-order valence-corrected chi connectivity index (χ4v) is 8.03. The maximum atomic E-state index is 13.9. The second-order valence-electron chi connectivity index (χ2n) is 15.6. The molecule has 6 rings (SSSR count). The molecule has 1 aliphatic carbocycles. The zero-order valence-electron chi connectivity index (χ0n) is 32.8. The van der Waals surface area contributed by atoms with Gasteiger partial charge in [-0.15, -0.1) is 0 Å². The molecular formula is C48H49N3O4. The van der Waals surface area contributed by atoms with Gasteiger partial charge >= 0.3 is 5.97 Å². The maximum absolute atomic E-state index is 13.9. The van der Waals surface area contributed by atoms with Crippen molar-refractivity contribution >= 4 is 34.9 Å². The molecule has 7 nitrogen and oxygen atoms in total. The van der Waals surface area contributed by atoms with Crippen LogP contribution in [0.1, 0.15) is 108 Å². The number of ketones is 1. The van der Waals surface area contributed by atoms with Gasteiger partial charge in [0, 0.05) is 69.7 Å². The van der Waals surface area contributed by atoms with Crippen LogP contribution in [0.15, 0.2) is 107 Å². The molecule has 3 aromatic carbocycles. The summed E-state index contributed by atoms with van der Waals surface area (Å²) < 4.78 is 2.30. The van der Waals surface area contributed by atoms with Crippen LogP contribution < -0.4 is 10.0 Å². The van der Waals surface area contributed by atoms with Crippen molar-refractivity contribution in [3.63, 3.8) is 0 Å². The van der Waals surface area contributed by atoms with Gasteiger partial charge in [-0.1, -0.05) is 94.4 Å². The number of allylic oxidation sites excluding steroid dienone is 5. The molecule has 0 saturated carbocycles. The molecule has 0 bridgehead atoms. The molecule has 0 aromatic heterocycles. The predicted octanol–water partition coefficient (Wildman–Crippen LogP) is 8.64. The lowest BCUT2D eigenvalue weighted by Crippen LogP contribution is -2.35. The van der Waals surface area contributed by atoms with Crippen LogP contribution >= 0.6 is 0 Å². The highest BCUT2D eigenvalue weighted by Crippen LogP contribution is 2.49. The summed E-state index contributed by atoms with van der Waals surface area (Å²) in [6, 6.07) is 23.3. The Labute approximate surface area is 325 Å². The average molecular weight is 732 g/mol. The largest absolute Gasteiger partial charge is 0.871 e. The van der Waals surface area contributed by atoms with Crippen LogP contribution in [0.5, 0.6) is 0 Å². The first-order valence-corrected chi connectivity index (χ1v) is 19.4. The summed E-state index contributed by atoms with van der Waals surface area (Å²) in [5.41, 5.74) is 7.85. The minimum Gasteiger partial charge on any atom is -0.871 e. The second kappa shape index (κ2) is 15.8. The van der Waals surface area contributed by atoms with E-state index < -0.39 is 11.4 Å². The number of anilines is 1. The fraction of sp³-hybridized carbons (Fsp3) is 0.333. The van der Waals surface area contributed by atoms with Gasteiger partial charge in [-0.25, -0.2) is 4.79 Å². The van der Waals surface area contributed by atoms with E-state index in [-0.39, 0.29) is 33.7 Å². The van der Waals surface area contributed by atoms with Crippen molar-refractivity contribution in [1.29, 1.82) is 5.26 Å². The van der Waals surface area contributed by atoms with E-state index in [0.29, 0.717) is 5.56 Å². The number of unbranched alkanes of at least 4 members (excludes halogenated alkanes) is 5. The Kier molecular flexibility index (Phi) is 11.2. The number of carbonyl (C=O) groups excluding carboxylic acids is 1. The van der Waals surface area contributed by atoms with Crippen molar-refractivity contribution in [2.45, 2.75) is 90.9 Å². The van der Waals surface area contributed by atoms with Crippen LogP contribution in [0.3, 0.4) is 0 Å². The van der Waals surface area contributed by atoms with Crippen LogP contribution in [0.2, 0.25) is 0 Å². The number of carbonyl (C=O) groups is 2. The van der Waals surface area contributed by atoms with E-state index >= 15 is 0 Å². The number of hydrogen-bond donors (Lipinski definition) is 1. The van der Waals surface area contributed by atoms with E-state index in [9.17, 15) is 14.7 Å². The fourth-order valence-electron chi connectivity index (χ4n) is 8.03. The molecule has 0 radical (unpaired) electrons. The van der Waals surface area contributed by atoms with E-state index in [2.05, 4.69) is 87.1 Å². The summed E-state index contributed by atoms with van der Waals surface area (Å²) in [5.74, 6) is 4.81. The lowest BCUT2D eigenvalue weighted by Gasteiger charge is -2.32. The third kappa shape index (κ3) is 7.45. The average Bonchev–Trinajstić information content (AvgIpc) is 3.53. The minimum atomic E-state index is -1.27. The van der Waals surface area contributed by atoms with E-state index in [0.717, 1.165) is 65.4 Å². The van der Waals surface area contributed by atoms with Gasteiger partial charge in [0.05, 0.1) is 5.41 Å². The highest BCUT2D eigenvalue weighted by molar-refractivity contribution is 6.24. The Bertz CT molecular complexity index is 2310. The summed E-state index contributed by atoms with van der Waals surface area (Å²) in [6.45, 7) is 14.4. The van der Waals surface area contributed by atoms with Gasteiger partial charge < -0.3 is 15.1 Å². The standard InChI is InChI=1S/C48H49N3O4/c1-7-9-10-11-12-15-26-51-41-25-24-34(23-20-32-18-21-33(22-19-32)27-35(31-49)46(54)55)28-39(41)48(5,6)43(51)30-37-44(52)36(45(37)53)29-42-47(3,4)38-16-13-14-17-40(38)50(42)8-2/h13-14,16-19,21-22,24-25,27-30H,7-12,15,26H2,1-6H3,(H-,52,53,54,55)/b35-27+. The number of fused-ring (bicyclic) bond motifs is 2. The lowest BCUT2D eigenvalue weighted by molar-refractivity contribution is -0.438. The third-order valence-corrected chi connectivity index (χ3v) is 11.2. The molecule has 0 atom stereocenters. The van der Waals surface area contributed by atoms with Crippen LogP contribution in [0.4, 0.5) is 11.4 Å². The molecule has 0 saturated heterocycles. The highest BCUT2D eigenvalue weighted by Gasteiger charge is 2.46. The predicted molar refractivity (Wildman–Crippen MR) is 217 cm³/mol. The van der Waals surface area contributed by atoms with E-state index in [1.807, 2.05) is 30.4 Å². The van der Waals surface area contributed by atoms with Crippen molar-refractivity contribution in [1.82, 2.24) is 0 Å². The first kappa shape index (κ1) is 38.8. The van der Waals surface area contributed by atoms with Crippen LogP contribution in [0.25, 0.3) is 6.08 Å². The smallest absolute Gasteiger partial charge is 0.346 e. The molecule has 3 aromatic rings. The molecule has 55 heavy (non-hydrogen) atoms. The molecule has 0 spiro atoms. The molecule has 1 N–H and O–H groups in total. The van der Waals surface area contributed by atoms with E-state index in [4.69, 9.17) is 10.4 Å². The second-order valence-corrected chi connectivity index (χ2v) is 15.6. The lowest BCUT2D eigenvalue weighted by atomic mass is 9.77. The summed E-state index contributed by atoms with van der Waals surface area (Å²) in [4.78, 5) is 27.3. The van der Waals surface area contributed by atoms with Crippen LogP contribution in [-0.2, 0) is 20.4 Å². The first-order chi connectivity index (χ1) is 26.3. The van der Waals surface area contributed by atoms with Gasteiger partial charge in [0.2, 0.25) is 5.69 Å². The molecule has 280 valence electrons. The molecule has 7 heteroatoms. The van der Waals surface area contributed by atoms with Gasteiger partial charge in [-0.3, -0.25) is 4.79 Å². The van der Waals surface area contributed by atoms with Gasteiger partial charge in [0.15, 0.2) is 11.5 Å². The van der Waals surface area contributed by atoms with Gasteiger partial charge in [-0.05, 0) is 80.8 Å². The summed E-state index contributed by atoms with van der Waals surface area (Å²) >= 11 is 0. The van der Waals surface area contributed by atoms with Gasteiger partial charge in [-0.2, -0.15) is 9.84 Å². The normalized spacial score (nSPS) is 18.2. The van der Waals surface area contributed by atoms with Gasteiger partial charge in [0.25, 0.3) is 0 Å². The van der Waals surface area contributed by atoms with E-state index in [1.165, 1.54) is 37.3 Å². The Hall–Kier alpha value is -5.92. The van der Waals surface area contributed by atoms with Crippen LogP contribution in [0, 0.1) is 23.2 Å². The Morgan fingerprint density at radius 3 is 2.22 bits per heavy atom. The van der Waals surface area contributed by atoms with Crippen molar-refractivity contribution in [2.75, 3.05) is 18.0 Å². The molecule has 3 aliphatic rings. The number of carboxylic acid groups (broad SMARTS) is 1. The Balaban J connectivity index is 1.32. The molecule has 0 unspecified atom stereocenters. The van der Waals surface area contributed by atoms with Crippen molar-refractivity contribution in [3.05, 3.63) is 135 Å². The first-order valence-electron chi connectivity index (χ1n) is 19.4. The van der Waals surface area contributed by atoms with Crippen molar-refractivity contribution in [2.24, 2.45) is 0 Å². The number of nitrogens with zero attached hydrogens (tertiary/aromatic N) is 3. The SMILES string of the molecule is CCCCCCCC[N+]1=C(/C=C2\C(=O)C(/C=C3/N(CC)c4ccccc4C3(C)C)=C2[O-])C(C)(C)c2cc(C#Cc3ccc(/C=C(\C#N)C(=O)O)cc3)ccc21.